The molecule has 2 aromatic rings. The van der Waals surface area contributed by atoms with Crippen LogP contribution in [0.1, 0.15) is 47.3 Å². The minimum Gasteiger partial charge on any atom is -0.466 e. The first-order valence-electron chi connectivity index (χ1n) is 11.1. The minimum atomic E-state index is -1.03. The zero-order valence-electron chi connectivity index (χ0n) is 17.7. The highest BCUT2D eigenvalue weighted by molar-refractivity contribution is 7.85. The van der Waals surface area contributed by atoms with E-state index in [4.69, 9.17) is 4.74 Å². The Balaban J connectivity index is 1.49. The third kappa shape index (κ3) is 4.68. The fourth-order valence-corrected chi connectivity index (χ4v) is 6.50. The van der Waals surface area contributed by atoms with Crippen molar-refractivity contribution in [3.05, 3.63) is 70.8 Å². The van der Waals surface area contributed by atoms with Gasteiger partial charge in [-0.15, -0.1) is 0 Å². The number of rotatable bonds is 6. The molecule has 0 aromatic heterocycles. The molecule has 5 heteroatoms. The number of hydrogen-bond donors (Lipinski definition) is 0. The highest BCUT2D eigenvalue weighted by Crippen LogP contribution is 2.36. The third-order valence-electron chi connectivity index (χ3n) is 6.34. The Hall–Kier alpha value is -1.98. The fourth-order valence-electron chi connectivity index (χ4n) is 4.80. The lowest BCUT2D eigenvalue weighted by molar-refractivity contribution is -0.149. The quantitative estimate of drug-likeness (QED) is 0.659. The second-order valence-electron chi connectivity index (χ2n) is 8.25. The van der Waals surface area contributed by atoms with Crippen molar-refractivity contribution < 1.29 is 13.7 Å². The number of likely N-dealkylation sites (tertiary alicyclic amines) is 1. The van der Waals surface area contributed by atoms with Gasteiger partial charge in [-0.2, -0.15) is 0 Å². The number of esters is 1. The Kier molecular flexibility index (Phi) is 7.00. The van der Waals surface area contributed by atoms with Gasteiger partial charge < -0.3 is 9.64 Å². The Morgan fingerprint density at radius 3 is 2.33 bits per heavy atom. The van der Waals surface area contributed by atoms with E-state index < -0.39 is 10.8 Å². The average molecular weight is 426 g/mol. The number of hydrogen-bond acceptors (Lipinski definition) is 4. The molecule has 1 aliphatic carbocycles. The molecule has 2 unspecified atom stereocenters. The molecule has 0 bridgehead atoms. The standard InChI is InChI=1S/C25H31NO3S/c1-2-29-25(27)21-10-7-15-26(18-21)16-17-30(28)24-22-11-5-3-8-19(22)13-14-20-9-4-6-12-23(20)24/h3-6,8-9,11-12,21,24H,2,7,10,13-18H2,1H3. The van der Waals surface area contributed by atoms with Crippen LogP contribution >= 0.6 is 0 Å². The summed E-state index contributed by atoms with van der Waals surface area (Å²) in [6.07, 6.45) is 3.87. The lowest BCUT2D eigenvalue weighted by Gasteiger charge is -2.31. The van der Waals surface area contributed by atoms with Gasteiger partial charge in [0.2, 0.25) is 0 Å². The summed E-state index contributed by atoms with van der Waals surface area (Å²) in [4.78, 5) is 14.4. The van der Waals surface area contributed by atoms with Crippen molar-refractivity contribution in [2.24, 2.45) is 5.92 Å². The number of nitrogens with zero attached hydrogens (tertiary/aromatic N) is 1. The topological polar surface area (TPSA) is 46.6 Å². The van der Waals surface area contributed by atoms with Crippen LogP contribution in [0.5, 0.6) is 0 Å². The van der Waals surface area contributed by atoms with Crippen LogP contribution in [0, 0.1) is 5.92 Å². The van der Waals surface area contributed by atoms with Gasteiger partial charge in [-0.25, -0.2) is 0 Å². The summed E-state index contributed by atoms with van der Waals surface area (Å²) < 4.78 is 18.8. The van der Waals surface area contributed by atoms with Crippen molar-refractivity contribution in [2.45, 2.75) is 37.9 Å². The Morgan fingerprint density at radius 1 is 1.07 bits per heavy atom. The maximum Gasteiger partial charge on any atom is 0.310 e. The molecule has 2 aromatic carbocycles. The molecule has 160 valence electrons. The maximum absolute atomic E-state index is 13.6. The Labute approximate surface area is 182 Å². The van der Waals surface area contributed by atoms with Gasteiger partial charge >= 0.3 is 5.97 Å². The van der Waals surface area contributed by atoms with Gasteiger partial charge in [0.25, 0.3) is 0 Å². The van der Waals surface area contributed by atoms with E-state index in [9.17, 15) is 9.00 Å². The summed E-state index contributed by atoms with van der Waals surface area (Å²) in [7, 11) is -1.03. The Morgan fingerprint density at radius 2 is 1.70 bits per heavy atom. The summed E-state index contributed by atoms with van der Waals surface area (Å²) >= 11 is 0. The highest BCUT2D eigenvalue weighted by Gasteiger charge is 2.30. The minimum absolute atomic E-state index is 0.0496. The molecule has 4 rings (SSSR count). The molecular weight excluding hydrogens is 394 g/mol. The van der Waals surface area contributed by atoms with Crippen LogP contribution in [-0.2, 0) is 33.2 Å². The first-order valence-corrected chi connectivity index (χ1v) is 12.5. The van der Waals surface area contributed by atoms with Crippen LogP contribution in [0.15, 0.2) is 48.5 Å². The second kappa shape index (κ2) is 9.88. The van der Waals surface area contributed by atoms with Crippen molar-refractivity contribution in [2.75, 3.05) is 32.0 Å². The van der Waals surface area contributed by atoms with Gasteiger partial charge in [-0.1, -0.05) is 48.5 Å². The number of carbonyl (C=O) groups excluding carboxylic acids is 1. The van der Waals surface area contributed by atoms with E-state index in [1.807, 2.05) is 6.92 Å². The van der Waals surface area contributed by atoms with Gasteiger partial charge in [-0.3, -0.25) is 9.00 Å². The molecule has 0 saturated carbocycles. The van der Waals surface area contributed by atoms with Crippen LogP contribution in [0.3, 0.4) is 0 Å². The summed E-state index contributed by atoms with van der Waals surface area (Å²) in [6.45, 7) is 4.71. The number of carbonyl (C=O) groups is 1. The first kappa shape index (κ1) is 21.3. The summed E-state index contributed by atoms with van der Waals surface area (Å²) in [5, 5.41) is -0.0782. The molecule has 1 saturated heterocycles. The van der Waals surface area contributed by atoms with Crippen molar-refractivity contribution in [1.82, 2.24) is 4.90 Å². The van der Waals surface area contributed by atoms with E-state index in [1.54, 1.807) is 0 Å². The van der Waals surface area contributed by atoms with Gasteiger partial charge in [0, 0.05) is 29.6 Å². The molecular formula is C25H31NO3S. The fraction of sp³-hybridized carbons (Fsp3) is 0.480. The van der Waals surface area contributed by atoms with E-state index in [0.717, 1.165) is 38.8 Å². The molecule has 0 N–H and O–H groups in total. The van der Waals surface area contributed by atoms with E-state index >= 15 is 0 Å². The van der Waals surface area contributed by atoms with Crippen molar-refractivity contribution in [3.63, 3.8) is 0 Å². The number of ether oxygens (including phenoxy) is 1. The van der Waals surface area contributed by atoms with Gasteiger partial charge in [0.05, 0.1) is 17.8 Å². The number of aryl methyl sites for hydroxylation is 2. The van der Waals surface area contributed by atoms with Crippen LogP contribution in [0.2, 0.25) is 0 Å². The molecule has 1 heterocycles. The number of benzene rings is 2. The SMILES string of the molecule is CCOC(=O)C1CCCN(CCS(=O)C2c3ccccc3CCc3ccccc32)C1. The van der Waals surface area contributed by atoms with Crippen LogP contribution in [0.4, 0.5) is 0 Å². The van der Waals surface area contributed by atoms with E-state index in [1.165, 1.54) is 22.3 Å². The summed E-state index contributed by atoms with van der Waals surface area (Å²) in [6, 6.07) is 16.9. The Bertz CT molecular complexity index is 865. The van der Waals surface area contributed by atoms with E-state index in [0.29, 0.717) is 18.9 Å². The summed E-state index contributed by atoms with van der Waals surface area (Å²) in [5.41, 5.74) is 5.05. The molecule has 0 spiro atoms. The monoisotopic (exact) mass is 425 g/mol. The predicted molar refractivity (Wildman–Crippen MR) is 121 cm³/mol. The van der Waals surface area contributed by atoms with Gasteiger partial charge in [0.15, 0.2) is 0 Å². The van der Waals surface area contributed by atoms with E-state index in [2.05, 4.69) is 53.4 Å². The third-order valence-corrected chi connectivity index (χ3v) is 7.95. The average Bonchev–Trinajstić information content (AvgIpc) is 2.95. The maximum atomic E-state index is 13.6. The number of piperidine rings is 1. The van der Waals surface area contributed by atoms with Gasteiger partial charge in [0.1, 0.15) is 0 Å². The van der Waals surface area contributed by atoms with Crippen molar-refractivity contribution in [3.8, 4) is 0 Å². The molecule has 2 aliphatic rings. The smallest absolute Gasteiger partial charge is 0.310 e. The lowest BCUT2D eigenvalue weighted by atomic mass is 9.98. The summed E-state index contributed by atoms with van der Waals surface area (Å²) in [5.74, 6) is 0.476. The molecule has 30 heavy (non-hydrogen) atoms. The first-order chi connectivity index (χ1) is 14.7. The largest absolute Gasteiger partial charge is 0.466 e. The highest BCUT2D eigenvalue weighted by atomic mass is 32.2. The second-order valence-corrected chi connectivity index (χ2v) is 9.90. The predicted octanol–water partition coefficient (Wildman–Crippen LogP) is 3.90. The van der Waals surface area contributed by atoms with Gasteiger partial charge in [-0.05, 0) is 61.4 Å². The van der Waals surface area contributed by atoms with E-state index in [-0.39, 0.29) is 17.1 Å². The lowest BCUT2D eigenvalue weighted by Crippen LogP contribution is -2.41. The zero-order valence-corrected chi connectivity index (χ0v) is 18.5. The van der Waals surface area contributed by atoms with Crippen LogP contribution in [-0.4, -0.2) is 47.1 Å². The number of fused-ring (bicyclic) bond motifs is 2. The molecule has 1 aliphatic heterocycles. The molecule has 4 nitrogen and oxygen atoms in total. The van der Waals surface area contributed by atoms with Crippen molar-refractivity contribution >= 4 is 16.8 Å². The molecule has 0 radical (unpaired) electrons. The zero-order chi connectivity index (χ0) is 20.9. The normalized spacial score (nSPS) is 20.6. The molecule has 2 atom stereocenters. The van der Waals surface area contributed by atoms with Crippen molar-refractivity contribution in [1.29, 1.82) is 0 Å². The van der Waals surface area contributed by atoms with Crippen LogP contribution in [0.25, 0.3) is 0 Å². The molecule has 0 amide bonds. The molecule has 1 fully saturated rings. The van der Waals surface area contributed by atoms with Crippen LogP contribution < -0.4 is 0 Å².